The molecular weight excluding hydrogens is 389 g/mol. The predicted octanol–water partition coefficient (Wildman–Crippen LogP) is 3.75. The summed E-state index contributed by atoms with van der Waals surface area (Å²) in [5.74, 6) is -0.375. The van der Waals surface area contributed by atoms with E-state index >= 15 is 0 Å². The highest BCUT2D eigenvalue weighted by Gasteiger charge is 2.25. The summed E-state index contributed by atoms with van der Waals surface area (Å²) in [4.78, 5) is 0.250. The Labute approximate surface area is 169 Å². The minimum absolute atomic E-state index is 0.250. The molecule has 5 nitrogen and oxygen atoms in total. The normalized spacial score (nSPS) is 19.1. The molecule has 0 saturated carbocycles. The molecular formula is C22H22FN3O2S. The van der Waals surface area contributed by atoms with Gasteiger partial charge >= 0.3 is 0 Å². The fourth-order valence-corrected chi connectivity index (χ4v) is 5.69. The van der Waals surface area contributed by atoms with Crippen LogP contribution >= 0.6 is 0 Å². The van der Waals surface area contributed by atoms with E-state index in [2.05, 4.69) is 23.6 Å². The van der Waals surface area contributed by atoms with Crippen molar-refractivity contribution in [2.24, 2.45) is 0 Å². The molecule has 29 heavy (non-hydrogen) atoms. The smallest absolute Gasteiger partial charge is 0.268 e. The maximum Gasteiger partial charge on any atom is 0.268 e. The lowest BCUT2D eigenvalue weighted by Gasteiger charge is -2.20. The van der Waals surface area contributed by atoms with E-state index in [0.717, 1.165) is 41.8 Å². The van der Waals surface area contributed by atoms with Gasteiger partial charge in [0.05, 0.1) is 10.4 Å². The van der Waals surface area contributed by atoms with Crippen LogP contribution in [0.4, 0.5) is 10.1 Å². The van der Waals surface area contributed by atoms with Crippen molar-refractivity contribution in [3.63, 3.8) is 0 Å². The highest BCUT2D eigenvalue weighted by molar-refractivity contribution is 7.90. The summed E-state index contributed by atoms with van der Waals surface area (Å²) >= 11 is 0. The molecule has 0 fully saturated rings. The van der Waals surface area contributed by atoms with Crippen molar-refractivity contribution in [2.75, 3.05) is 18.4 Å². The Hall–Kier alpha value is -2.64. The Morgan fingerprint density at radius 2 is 2.03 bits per heavy atom. The van der Waals surface area contributed by atoms with Crippen LogP contribution in [-0.4, -0.2) is 31.5 Å². The first kappa shape index (κ1) is 18.4. The summed E-state index contributed by atoms with van der Waals surface area (Å²) in [7, 11) is -3.81. The Bertz CT molecular complexity index is 1260. The molecule has 2 N–H and O–H groups in total. The number of hydrogen-bond donors (Lipinski definition) is 2. The standard InChI is InChI=1S/C22H22FN3O2S/c1-14-10-15(6-8-24-14)20-13-26(22-5-2-17(23)12-19(20)22)29(27,28)18-3-4-21-16(11-18)7-9-25-21/h2-6,11-14,24-25H,7-10H2,1H3. The van der Waals surface area contributed by atoms with Crippen LogP contribution in [0.5, 0.6) is 0 Å². The van der Waals surface area contributed by atoms with Gasteiger partial charge in [0.1, 0.15) is 5.82 Å². The molecule has 1 unspecified atom stereocenters. The van der Waals surface area contributed by atoms with Gasteiger partial charge in [0, 0.05) is 42.0 Å². The van der Waals surface area contributed by atoms with E-state index in [-0.39, 0.29) is 16.8 Å². The van der Waals surface area contributed by atoms with Crippen LogP contribution in [0.3, 0.4) is 0 Å². The van der Waals surface area contributed by atoms with E-state index in [0.29, 0.717) is 17.4 Å². The van der Waals surface area contributed by atoms with E-state index in [9.17, 15) is 12.8 Å². The first-order valence-corrected chi connectivity index (χ1v) is 11.2. The number of nitrogens with one attached hydrogen (secondary N) is 2. The van der Waals surface area contributed by atoms with E-state index in [1.165, 1.54) is 16.1 Å². The van der Waals surface area contributed by atoms with Crippen LogP contribution in [0.1, 0.15) is 24.5 Å². The van der Waals surface area contributed by atoms with Gasteiger partial charge in [-0.2, -0.15) is 0 Å². The summed E-state index contributed by atoms with van der Waals surface area (Å²) in [6.45, 7) is 3.61. The topological polar surface area (TPSA) is 63.1 Å². The summed E-state index contributed by atoms with van der Waals surface area (Å²) in [6, 6.07) is 9.76. The van der Waals surface area contributed by atoms with Crippen LogP contribution in [-0.2, 0) is 16.4 Å². The number of aromatic nitrogens is 1. The number of benzene rings is 2. The van der Waals surface area contributed by atoms with E-state index in [1.54, 1.807) is 24.4 Å². The lowest BCUT2D eigenvalue weighted by Crippen LogP contribution is -2.29. The molecule has 0 radical (unpaired) electrons. The van der Waals surface area contributed by atoms with Gasteiger partial charge in [0.2, 0.25) is 0 Å². The number of nitrogens with zero attached hydrogens (tertiary/aromatic N) is 1. The zero-order valence-electron chi connectivity index (χ0n) is 16.1. The van der Waals surface area contributed by atoms with E-state index < -0.39 is 10.0 Å². The zero-order chi connectivity index (χ0) is 20.2. The molecule has 0 bridgehead atoms. The van der Waals surface area contributed by atoms with Crippen LogP contribution < -0.4 is 10.6 Å². The lowest BCUT2D eigenvalue weighted by atomic mass is 9.96. The Kier molecular flexibility index (Phi) is 4.26. The molecule has 0 spiro atoms. The van der Waals surface area contributed by atoms with Crippen molar-refractivity contribution >= 4 is 32.2 Å². The highest BCUT2D eigenvalue weighted by atomic mass is 32.2. The quantitative estimate of drug-likeness (QED) is 0.689. The molecule has 2 aliphatic heterocycles. The molecule has 3 aromatic rings. The maximum absolute atomic E-state index is 14.0. The zero-order valence-corrected chi connectivity index (χ0v) is 16.9. The number of anilines is 1. The van der Waals surface area contributed by atoms with Gasteiger partial charge in [-0.1, -0.05) is 6.08 Å². The highest BCUT2D eigenvalue weighted by Crippen LogP contribution is 2.34. The van der Waals surface area contributed by atoms with Crippen molar-refractivity contribution < 1.29 is 12.8 Å². The molecule has 2 aromatic carbocycles. The molecule has 1 aromatic heterocycles. The van der Waals surface area contributed by atoms with E-state index in [4.69, 9.17) is 0 Å². The average Bonchev–Trinajstić information content (AvgIpc) is 3.32. The molecule has 5 rings (SSSR count). The number of rotatable bonds is 3. The monoisotopic (exact) mass is 411 g/mol. The van der Waals surface area contributed by atoms with Crippen LogP contribution in [0.15, 0.2) is 53.6 Å². The van der Waals surface area contributed by atoms with Crippen LogP contribution in [0, 0.1) is 5.82 Å². The fourth-order valence-electron chi connectivity index (χ4n) is 4.27. The third kappa shape index (κ3) is 3.05. The Morgan fingerprint density at radius 1 is 1.17 bits per heavy atom. The first-order chi connectivity index (χ1) is 13.9. The third-order valence-corrected chi connectivity index (χ3v) is 7.43. The van der Waals surface area contributed by atoms with Gasteiger partial charge in [0.25, 0.3) is 10.0 Å². The summed E-state index contributed by atoms with van der Waals surface area (Å²) in [5, 5.41) is 7.22. The van der Waals surface area contributed by atoms with Crippen molar-refractivity contribution in [3.8, 4) is 0 Å². The van der Waals surface area contributed by atoms with Gasteiger partial charge in [0.15, 0.2) is 0 Å². The molecule has 0 amide bonds. The summed E-state index contributed by atoms with van der Waals surface area (Å²) < 4.78 is 42.4. The largest absolute Gasteiger partial charge is 0.384 e. The summed E-state index contributed by atoms with van der Waals surface area (Å²) in [5.41, 5.74) is 4.30. The minimum Gasteiger partial charge on any atom is -0.384 e. The van der Waals surface area contributed by atoms with Crippen molar-refractivity contribution in [3.05, 3.63) is 65.6 Å². The number of hydrogen-bond acceptors (Lipinski definition) is 4. The first-order valence-electron chi connectivity index (χ1n) is 9.79. The Morgan fingerprint density at radius 3 is 2.86 bits per heavy atom. The van der Waals surface area contributed by atoms with Crippen molar-refractivity contribution in [2.45, 2.75) is 30.7 Å². The SMILES string of the molecule is CC1CC(c2cn(S(=O)(=O)c3ccc4c(c3)CCN4)c3ccc(F)cc23)=CCN1. The molecule has 0 saturated heterocycles. The second-order valence-electron chi connectivity index (χ2n) is 7.74. The van der Waals surface area contributed by atoms with Gasteiger partial charge in [-0.25, -0.2) is 16.8 Å². The van der Waals surface area contributed by atoms with Crippen molar-refractivity contribution in [1.82, 2.24) is 9.29 Å². The van der Waals surface area contributed by atoms with Gasteiger partial charge < -0.3 is 10.6 Å². The minimum atomic E-state index is -3.81. The summed E-state index contributed by atoms with van der Waals surface area (Å²) in [6.07, 6.45) is 5.27. The van der Waals surface area contributed by atoms with E-state index in [1.807, 2.05) is 6.07 Å². The van der Waals surface area contributed by atoms with Gasteiger partial charge in [-0.05, 0) is 67.3 Å². The third-order valence-electron chi connectivity index (χ3n) is 5.76. The second-order valence-corrected chi connectivity index (χ2v) is 9.56. The molecule has 3 heterocycles. The van der Waals surface area contributed by atoms with Crippen LogP contribution in [0.2, 0.25) is 0 Å². The number of halogens is 1. The van der Waals surface area contributed by atoms with Crippen molar-refractivity contribution in [1.29, 1.82) is 0 Å². The van der Waals surface area contributed by atoms with Crippen LogP contribution in [0.25, 0.3) is 16.5 Å². The lowest BCUT2D eigenvalue weighted by molar-refractivity contribution is 0.579. The number of fused-ring (bicyclic) bond motifs is 2. The second kappa shape index (κ2) is 6.71. The fraction of sp³-hybridized carbons (Fsp3) is 0.273. The molecule has 1 atom stereocenters. The Balaban J connectivity index is 1.70. The van der Waals surface area contributed by atoms with Gasteiger partial charge in [-0.3, -0.25) is 0 Å². The predicted molar refractivity (Wildman–Crippen MR) is 113 cm³/mol. The molecule has 7 heteroatoms. The molecule has 0 aliphatic carbocycles. The molecule has 2 aliphatic rings. The van der Waals surface area contributed by atoms with Gasteiger partial charge in [-0.15, -0.1) is 0 Å². The average molecular weight is 412 g/mol. The maximum atomic E-state index is 14.0. The molecule has 150 valence electrons.